The van der Waals surface area contributed by atoms with E-state index in [4.69, 9.17) is 10.5 Å². The molecule has 17 heavy (non-hydrogen) atoms. The van der Waals surface area contributed by atoms with Crippen molar-refractivity contribution in [1.82, 2.24) is 5.32 Å². The number of nitrogens with one attached hydrogen (secondary N) is 1. The van der Waals surface area contributed by atoms with Gasteiger partial charge in [-0.05, 0) is 18.1 Å². The largest absolute Gasteiger partial charge is 0.488 e. The Balaban J connectivity index is 1.82. The average Bonchev–Trinajstić information content (AvgIpc) is 2.77. The van der Waals surface area contributed by atoms with Gasteiger partial charge in [0, 0.05) is 6.42 Å². The van der Waals surface area contributed by atoms with Gasteiger partial charge in [-0.2, -0.15) is 0 Å². The number of nitrogens with two attached hydrogens (primary N) is 1. The molecule has 0 bridgehead atoms. The molecule has 0 spiro atoms. The Morgan fingerprint density at radius 2 is 2.35 bits per heavy atom. The standard InChI is InChI=1S/C13H18N2O2/c1-2-11(14)13(16)15-8-10-7-9-5-3-4-6-12(9)17-10/h3-6,10-11H,2,7-8,14H2,1H3,(H,15,16). The molecule has 1 aliphatic rings. The number of hydrogen-bond acceptors (Lipinski definition) is 3. The van der Waals surface area contributed by atoms with Gasteiger partial charge < -0.3 is 15.8 Å². The molecule has 1 aliphatic heterocycles. The van der Waals surface area contributed by atoms with Crippen LogP contribution in [-0.2, 0) is 11.2 Å². The van der Waals surface area contributed by atoms with Crippen molar-refractivity contribution in [2.24, 2.45) is 5.73 Å². The number of rotatable bonds is 4. The van der Waals surface area contributed by atoms with Crippen molar-refractivity contribution < 1.29 is 9.53 Å². The van der Waals surface area contributed by atoms with Crippen molar-refractivity contribution in [3.05, 3.63) is 29.8 Å². The van der Waals surface area contributed by atoms with Gasteiger partial charge in [0.1, 0.15) is 11.9 Å². The molecule has 1 aromatic carbocycles. The Morgan fingerprint density at radius 3 is 3.06 bits per heavy atom. The summed E-state index contributed by atoms with van der Waals surface area (Å²) in [6, 6.07) is 7.53. The lowest BCUT2D eigenvalue weighted by molar-refractivity contribution is -0.122. The zero-order chi connectivity index (χ0) is 12.3. The first kappa shape index (κ1) is 11.9. The minimum absolute atomic E-state index is 0.0282. The van der Waals surface area contributed by atoms with Crippen LogP contribution in [0.4, 0.5) is 0 Å². The highest BCUT2D eigenvalue weighted by Crippen LogP contribution is 2.27. The zero-order valence-electron chi connectivity index (χ0n) is 9.98. The molecule has 2 unspecified atom stereocenters. The third kappa shape index (κ3) is 2.77. The summed E-state index contributed by atoms with van der Waals surface area (Å²) in [5.41, 5.74) is 6.83. The number of carbonyl (C=O) groups excluding carboxylic acids is 1. The van der Waals surface area contributed by atoms with E-state index in [-0.39, 0.29) is 12.0 Å². The second kappa shape index (κ2) is 5.19. The maximum Gasteiger partial charge on any atom is 0.237 e. The van der Waals surface area contributed by atoms with E-state index in [1.165, 1.54) is 5.56 Å². The molecule has 2 rings (SSSR count). The van der Waals surface area contributed by atoms with Crippen molar-refractivity contribution in [2.45, 2.75) is 31.9 Å². The number of benzene rings is 1. The second-order valence-corrected chi connectivity index (χ2v) is 4.31. The van der Waals surface area contributed by atoms with Gasteiger partial charge in [0.15, 0.2) is 0 Å². The first-order valence-electron chi connectivity index (χ1n) is 5.98. The van der Waals surface area contributed by atoms with Gasteiger partial charge in [-0.3, -0.25) is 4.79 Å². The van der Waals surface area contributed by atoms with Crippen molar-refractivity contribution in [2.75, 3.05) is 6.54 Å². The first-order chi connectivity index (χ1) is 8.20. The van der Waals surface area contributed by atoms with Crippen LogP contribution >= 0.6 is 0 Å². The molecule has 1 aromatic rings. The molecule has 0 aliphatic carbocycles. The van der Waals surface area contributed by atoms with Crippen LogP contribution < -0.4 is 15.8 Å². The first-order valence-corrected chi connectivity index (χ1v) is 5.98. The molecular formula is C13H18N2O2. The Hall–Kier alpha value is -1.55. The van der Waals surface area contributed by atoms with Gasteiger partial charge in [-0.1, -0.05) is 25.1 Å². The van der Waals surface area contributed by atoms with Crippen LogP contribution in [0.2, 0.25) is 0 Å². The molecule has 3 N–H and O–H groups in total. The normalized spacial score (nSPS) is 19.3. The van der Waals surface area contributed by atoms with Crippen molar-refractivity contribution in [3.8, 4) is 5.75 Å². The maximum absolute atomic E-state index is 11.5. The lowest BCUT2D eigenvalue weighted by Gasteiger charge is -2.14. The van der Waals surface area contributed by atoms with Crippen molar-refractivity contribution in [3.63, 3.8) is 0 Å². The fourth-order valence-corrected chi connectivity index (χ4v) is 1.90. The fraction of sp³-hybridized carbons (Fsp3) is 0.462. The van der Waals surface area contributed by atoms with E-state index in [9.17, 15) is 4.79 Å². The molecular weight excluding hydrogens is 216 g/mol. The van der Waals surface area contributed by atoms with E-state index < -0.39 is 6.04 Å². The second-order valence-electron chi connectivity index (χ2n) is 4.31. The highest BCUT2D eigenvalue weighted by Gasteiger charge is 2.23. The predicted molar refractivity (Wildman–Crippen MR) is 65.8 cm³/mol. The van der Waals surface area contributed by atoms with Crippen LogP contribution in [0.1, 0.15) is 18.9 Å². The van der Waals surface area contributed by atoms with E-state index in [2.05, 4.69) is 11.4 Å². The van der Waals surface area contributed by atoms with Gasteiger partial charge in [0.2, 0.25) is 5.91 Å². The molecule has 0 aromatic heterocycles. The minimum atomic E-state index is -0.418. The summed E-state index contributed by atoms with van der Waals surface area (Å²) < 4.78 is 5.72. The van der Waals surface area contributed by atoms with E-state index in [1.807, 2.05) is 25.1 Å². The Labute approximate surface area is 101 Å². The number of amides is 1. The van der Waals surface area contributed by atoms with Crippen molar-refractivity contribution >= 4 is 5.91 Å². The number of para-hydroxylation sites is 1. The summed E-state index contributed by atoms with van der Waals surface area (Å²) >= 11 is 0. The Bertz CT molecular complexity index is 381. The van der Waals surface area contributed by atoms with Gasteiger partial charge in [-0.25, -0.2) is 0 Å². The van der Waals surface area contributed by atoms with E-state index in [1.54, 1.807) is 0 Å². The smallest absolute Gasteiger partial charge is 0.237 e. The van der Waals surface area contributed by atoms with Crippen LogP contribution in [-0.4, -0.2) is 24.6 Å². The van der Waals surface area contributed by atoms with Crippen LogP contribution in [0.25, 0.3) is 0 Å². The van der Waals surface area contributed by atoms with Crippen LogP contribution in [0.15, 0.2) is 24.3 Å². The van der Waals surface area contributed by atoms with Gasteiger partial charge in [-0.15, -0.1) is 0 Å². The van der Waals surface area contributed by atoms with Crippen LogP contribution in [0, 0.1) is 0 Å². The predicted octanol–water partition coefficient (Wildman–Crippen LogP) is 0.844. The van der Waals surface area contributed by atoms with Crippen LogP contribution in [0.5, 0.6) is 5.75 Å². The summed E-state index contributed by atoms with van der Waals surface area (Å²) in [6.07, 6.45) is 1.52. The zero-order valence-corrected chi connectivity index (χ0v) is 9.98. The topological polar surface area (TPSA) is 64.4 Å². The molecule has 4 nitrogen and oxygen atoms in total. The van der Waals surface area contributed by atoms with Gasteiger partial charge >= 0.3 is 0 Å². The molecule has 92 valence electrons. The molecule has 4 heteroatoms. The SMILES string of the molecule is CCC(N)C(=O)NCC1Cc2ccccc2O1. The number of hydrogen-bond donors (Lipinski definition) is 2. The maximum atomic E-state index is 11.5. The number of carbonyl (C=O) groups is 1. The highest BCUT2D eigenvalue weighted by atomic mass is 16.5. The number of ether oxygens (including phenoxy) is 1. The van der Waals surface area contributed by atoms with Gasteiger partial charge in [0.25, 0.3) is 0 Å². The van der Waals surface area contributed by atoms with E-state index in [0.29, 0.717) is 13.0 Å². The lowest BCUT2D eigenvalue weighted by Crippen LogP contribution is -2.43. The number of fused-ring (bicyclic) bond motifs is 1. The quantitative estimate of drug-likeness (QED) is 0.811. The lowest BCUT2D eigenvalue weighted by atomic mass is 10.1. The summed E-state index contributed by atoms with van der Waals surface area (Å²) in [5, 5.41) is 2.82. The van der Waals surface area contributed by atoms with E-state index in [0.717, 1.165) is 12.2 Å². The fourth-order valence-electron chi connectivity index (χ4n) is 1.90. The Morgan fingerprint density at radius 1 is 1.59 bits per heavy atom. The molecule has 0 fully saturated rings. The highest BCUT2D eigenvalue weighted by molar-refractivity contribution is 5.81. The summed E-state index contributed by atoms with van der Waals surface area (Å²) in [4.78, 5) is 11.5. The van der Waals surface area contributed by atoms with Gasteiger partial charge in [0.05, 0.1) is 12.6 Å². The molecule has 1 amide bonds. The average molecular weight is 234 g/mol. The molecule has 0 saturated heterocycles. The van der Waals surface area contributed by atoms with Crippen molar-refractivity contribution in [1.29, 1.82) is 0 Å². The summed E-state index contributed by atoms with van der Waals surface area (Å²) in [6.45, 7) is 2.41. The summed E-state index contributed by atoms with van der Waals surface area (Å²) in [5.74, 6) is 0.818. The van der Waals surface area contributed by atoms with E-state index >= 15 is 0 Å². The van der Waals surface area contributed by atoms with Crippen LogP contribution in [0.3, 0.4) is 0 Å². The third-order valence-electron chi connectivity index (χ3n) is 2.99. The molecule has 2 atom stereocenters. The molecule has 0 radical (unpaired) electrons. The summed E-state index contributed by atoms with van der Waals surface area (Å²) in [7, 11) is 0. The third-order valence-corrected chi connectivity index (χ3v) is 2.99. The monoisotopic (exact) mass is 234 g/mol. The molecule has 1 heterocycles. The molecule has 0 saturated carbocycles. The Kier molecular flexibility index (Phi) is 3.64. The minimum Gasteiger partial charge on any atom is -0.488 e.